The maximum atomic E-state index is 11.7. The highest BCUT2D eigenvalue weighted by molar-refractivity contribution is 5.85. The number of rotatable bonds is 1. The second kappa shape index (κ2) is 2.15. The third-order valence-electron chi connectivity index (χ3n) is 1.17. The van der Waals surface area contributed by atoms with E-state index in [4.69, 9.17) is 0 Å². The van der Waals surface area contributed by atoms with Crippen LogP contribution < -0.4 is 5.32 Å². The van der Waals surface area contributed by atoms with Gasteiger partial charge in [0, 0.05) is 6.42 Å². The zero-order valence-corrected chi connectivity index (χ0v) is 5.27. The summed E-state index contributed by atoms with van der Waals surface area (Å²) in [5.41, 5.74) is 0. The lowest BCUT2D eigenvalue weighted by Gasteiger charge is -1.90. The molecule has 1 nitrogen and oxygen atoms in total. The van der Waals surface area contributed by atoms with E-state index in [9.17, 15) is 8.78 Å². The molecule has 0 aromatic heterocycles. The fourth-order valence-electron chi connectivity index (χ4n) is 0.526. The van der Waals surface area contributed by atoms with Gasteiger partial charge in [0.1, 0.15) is 0 Å². The van der Waals surface area contributed by atoms with Crippen LogP contribution in [-0.2, 0) is 0 Å². The van der Waals surface area contributed by atoms with E-state index < -0.39 is 12.0 Å². The summed E-state index contributed by atoms with van der Waals surface area (Å²) in [6.45, 7) is 0. The molecule has 50 valence electrons. The molecule has 0 amide bonds. The van der Waals surface area contributed by atoms with Crippen LogP contribution in [0.15, 0.2) is 0 Å². The molecule has 1 fully saturated rings. The normalized spacial score (nSPS) is 31.1. The minimum Gasteiger partial charge on any atom is -0.312 e. The minimum atomic E-state index is -2.39. The van der Waals surface area contributed by atoms with E-state index in [0.29, 0.717) is 0 Å². The van der Waals surface area contributed by atoms with Crippen LogP contribution in [0.5, 0.6) is 0 Å². The summed E-state index contributed by atoms with van der Waals surface area (Å²) in [5, 5.41) is 2.48. The molecule has 4 heteroatoms. The average Bonchev–Trinajstić information content (AvgIpc) is 2.13. The van der Waals surface area contributed by atoms with Crippen molar-refractivity contribution in [2.75, 3.05) is 7.05 Å². The Morgan fingerprint density at radius 3 is 2.00 bits per heavy atom. The maximum Gasteiger partial charge on any atom is 0.265 e. The molecule has 0 aromatic rings. The highest BCUT2D eigenvalue weighted by Gasteiger charge is 2.55. The molecule has 0 aromatic carbocycles. The first-order valence-corrected chi connectivity index (χ1v) is 2.22. The first-order chi connectivity index (χ1) is 3.17. The molecule has 1 atom stereocenters. The van der Waals surface area contributed by atoms with E-state index in [2.05, 4.69) is 5.32 Å². The lowest BCUT2D eigenvalue weighted by atomic mass is 10.7. The van der Waals surface area contributed by atoms with Crippen molar-refractivity contribution in [3.8, 4) is 0 Å². The van der Waals surface area contributed by atoms with Crippen molar-refractivity contribution in [2.24, 2.45) is 0 Å². The SMILES string of the molecule is CNC1CC1(F)F.Cl. The minimum absolute atomic E-state index is 0. The van der Waals surface area contributed by atoms with Gasteiger partial charge < -0.3 is 5.32 Å². The van der Waals surface area contributed by atoms with E-state index in [1.807, 2.05) is 0 Å². The summed E-state index contributed by atoms with van der Waals surface area (Å²) in [6, 6.07) is -0.535. The zero-order chi connectivity index (χ0) is 5.49. The van der Waals surface area contributed by atoms with Crippen molar-refractivity contribution in [1.29, 1.82) is 0 Å². The molecule has 8 heavy (non-hydrogen) atoms. The van der Waals surface area contributed by atoms with Gasteiger partial charge in [-0.1, -0.05) is 0 Å². The van der Waals surface area contributed by atoms with Gasteiger partial charge in [0.2, 0.25) is 0 Å². The largest absolute Gasteiger partial charge is 0.312 e. The van der Waals surface area contributed by atoms with E-state index in [1.165, 1.54) is 0 Å². The number of alkyl halides is 2. The Hall–Kier alpha value is 0.110. The van der Waals surface area contributed by atoms with Crippen LogP contribution in [0.1, 0.15) is 6.42 Å². The summed E-state index contributed by atoms with van der Waals surface area (Å²) >= 11 is 0. The highest BCUT2D eigenvalue weighted by atomic mass is 35.5. The smallest absolute Gasteiger partial charge is 0.265 e. The Morgan fingerprint density at radius 2 is 2.00 bits per heavy atom. The van der Waals surface area contributed by atoms with Crippen LogP contribution in [-0.4, -0.2) is 19.0 Å². The number of hydrogen-bond donors (Lipinski definition) is 1. The van der Waals surface area contributed by atoms with Gasteiger partial charge in [-0.15, -0.1) is 12.4 Å². The van der Waals surface area contributed by atoms with Gasteiger partial charge in [-0.3, -0.25) is 0 Å². The van der Waals surface area contributed by atoms with E-state index in [1.54, 1.807) is 7.05 Å². The summed E-state index contributed by atoms with van der Waals surface area (Å²) in [4.78, 5) is 0. The monoisotopic (exact) mass is 143 g/mol. The predicted octanol–water partition coefficient (Wildman–Crippen LogP) is 1.04. The van der Waals surface area contributed by atoms with Crippen LogP contribution in [0.4, 0.5) is 8.78 Å². The molecule has 1 rings (SSSR count). The molecule has 1 aliphatic rings. The first kappa shape index (κ1) is 8.11. The topological polar surface area (TPSA) is 12.0 Å². The quantitative estimate of drug-likeness (QED) is 0.578. The Bertz CT molecular complexity index is 86.1. The summed E-state index contributed by atoms with van der Waals surface area (Å²) in [7, 11) is 1.55. The van der Waals surface area contributed by atoms with Gasteiger partial charge in [-0.25, -0.2) is 8.78 Å². The maximum absolute atomic E-state index is 11.7. The van der Waals surface area contributed by atoms with Crippen LogP contribution in [0.2, 0.25) is 0 Å². The second-order valence-corrected chi connectivity index (χ2v) is 1.81. The highest BCUT2D eigenvalue weighted by Crippen LogP contribution is 2.41. The number of nitrogens with one attached hydrogen (secondary N) is 1. The van der Waals surface area contributed by atoms with Gasteiger partial charge in [0.15, 0.2) is 0 Å². The fourth-order valence-corrected chi connectivity index (χ4v) is 0.526. The number of halogens is 3. The van der Waals surface area contributed by atoms with Crippen molar-refractivity contribution in [3.63, 3.8) is 0 Å². The standard InChI is InChI=1S/C4H7F2N.ClH/c1-7-3-2-4(3,5)6;/h3,7H,2H2,1H3;1H. The van der Waals surface area contributed by atoms with Gasteiger partial charge in [-0.2, -0.15) is 0 Å². The molecule has 0 saturated heterocycles. The first-order valence-electron chi connectivity index (χ1n) is 2.22. The van der Waals surface area contributed by atoms with E-state index in [-0.39, 0.29) is 18.8 Å². The molecular formula is C4H8ClF2N. The molecule has 0 bridgehead atoms. The van der Waals surface area contributed by atoms with Crippen molar-refractivity contribution in [2.45, 2.75) is 18.4 Å². The Balaban J connectivity index is 0.000000490. The molecule has 0 heterocycles. The van der Waals surface area contributed by atoms with Crippen LogP contribution in [0, 0.1) is 0 Å². The Morgan fingerprint density at radius 1 is 1.62 bits per heavy atom. The Kier molecular flexibility index (Phi) is 2.18. The van der Waals surface area contributed by atoms with Gasteiger partial charge in [0.05, 0.1) is 6.04 Å². The summed E-state index contributed by atoms with van der Waals surface area (Å²) < 4.78 is 23.5. The lowest BCUT2D eigenvalue weighted by Crippen LogP contribution is -2.15. The molecule has 1 unspecified atom stereocenters. The van der Waals surface area contributed by atoms with Gasteiger partial charge in [0.25, 0.3) is 5.92 Å². The molecule has 1 N–H and O–H groups in total. The van der Waals surface area contributed by atoms with Crippen molar-refractivity contribution < 1.29 is 8.78 Å². The van der Waals surface area contributed by atoms with Crippen molar-refractivity contribution >= 4 is 12.4 Å². The third kappa shape index (κ3) is 1.29. The molecule has 1 aliphatic carbocycles. The summed E-state index contributed by atoms with van der Waals surface area (Å²) in [5.74, 6) is -2.39. The van der Waals surface area contributed by atoms with Crippen molar-refractivity contribution in [1.82, 2.24) is 5.32 Å². The van der Waals surface area contributed by atoms with Gasteiger partial charge in [-0.05, 0) is 7.05 Å². The Labute approximate surface area is 52.9 Å². The van der Waals surface area contributed by atoms with E-state index in [0.717, 1.165) is 0 Å². The fraction of sp³-hybridized carbons (Fsp3) is 1.00. The summed E-state index contributed by atoms with van der Waals surface area (Å²) in [6.07, 6.45) is 0.0174. The third-order valence-corrected chi connectivity index (χ3v) is 1.17. The lowest BCUT2D eigenvalue weighted by molar-refractivity contribution is 0.108. The molecule has 0 radical (unpaired) electrons. The van der Waals surface area contributed by atoms with Crippen molar-refractivity contribution in [3.05, 3.63) is 0 Å². The molecule has 0 spiro atoms. The molecule has 0 aliphatic heterocycles. The predicted molar refractivity (Wildman–Crippen MR) is 29.7 cm³/mol. The van der Waals surface area contributed by atoms with Crippen LogP contribution >= 0.6 is 12.4 Å². The zero-order valence-electron chi connectivity index (χ0n) is 4.45. The second-order valence-electron chi connectivity index (χ2n) is 1.81. The van der Waals surface area contributed by atoms with Gasteiger partial charge >= 0.3 is 0 Å². The van der Waals surface area contributed by atoms with Crippen LogP contribution in [0.25, 0.3) is 0 Å². The average molecular weight is 144 g/mol. The van der Waals surface area contributed by atoms with E-state index >= 15 is 0 Å². The van der Waals surface area contributed by atoms with Crippen LogP contribution in [0.3, 0.4) is 0 Å². The molecular weight excluding hydrogens is 136 g/mol. The molecule has 1 saturated carbocycles. The number of hydrogen-bond acceptors (Lipinski definition) is 1.